The molecule has 3 atom stereocenters. The maximum Gasteiger partial charge on any atom is 0.227 e. The van der Waals surface area contributed by atoms with E-state index in [0.29, 0.717) is 25.6 Å². The summed E-state index contributed by atoms with van der Waals surface area (Å²) in [7, 11) is 0. The van der Waals surface area contributed by atoms with Gasteiger partial charge in [-0.15, -0.1) is 0 Å². The third-order valence-corrected chi connectivity index (χ3v) is 2.95. The molecule has 5 heteroatoms. The highest BCUT2D eigenvalue weighted by atomic mass is 16.5. The Morgan fingerprint density at radius 2 is 2.24 bits per heavy atom. The first-order valence-corrected chi connectivity index (χ1v) is 6.15. The lowest BCUT2D eigenvalue weighted by Gasteiger charge is -2.26. The Kier molecular flexibility index (Phi) is 4.91. The van der Waals surface area contributed by atoms with Crippen LogP contribution in [0.3, 0.4) is 0 Å². The second kappa shape index (κ2) is 5.80. The van der Waals surface area contributed by atoms with E-state index in [9.17, 15) is 9.90 Å². The van der Waals surface area contributed by atoms with E-state index >= 15 is 0 Å². The fraction of sp³-hybridized carbons (Fsp3) is 0.917. The minimum absolute atomic E-state index is 0.126. The second-order valence-corrected chi connectivity index (χ2v) is 5.62. The van der Waals surface area contributed by atoms with Gasteiger partial charge in [-0.3, -0.25) is 4.79 Å². The molecule has 3 unspecified atom stereocenters. The fourth-order valence-electron chi connectivity index (χ4n) is 2.20. The number of amides is 1. The smallest absolute Gasteiger partial charge is 0.227 e. The second-order valence-electron chi connectivity index (χ2n) is 5.62. The highest BCUT2D eigenvalue weighted by molar-refractivity contribution is 5.79. The molecular weight excluding hydrogens is 220 g/mol. The van der Waals surface area contributed by atoms with Gasteiger partial charge in [0.2, 0.25) is 5.91 Å². The Balaban J connectivity index is 2.37. The van der Waals surface area contributed by atoms with Gasteiger partial charge < -0.3 is 20.9 Å². The molecule has 1 rings (SSSR count). The summed E-state index contributed by atoms with van der Waals surface area (Å²) in [6.45, 7) is 6.87. The predicted molar refractivity (Wildman–Crippen MR) is 65.4 cm³/mol. The lowest BCUT2D eigenvalue weighted by atomic mass is 9.94. The summed E-state index contributed by atoms with van der Waals surface area (Å²) in [4.78, 5) is 11.8. The summed E-state index contributed by atoms with van der Waals surface area (Å²) in [6.07, 6.45) is 0.653. The van der Waals surface area contributed by atoms with Crippen LogP contribution in [0.15, 0.2) is 0 Å². The zero-order chi connectivity index (χ0) is 13.1. The number of hydrogen-bond acceptors (Lipinski definition) is 4. The van der Waals surface area contributed by atoms with Gasteiger partial charge in [-0.1, -0.05) is 13.8 Å². The Labute approximate surface area is 103 Å². The molecule has 0 bridgehead atoms. The van der Waals surface area contributed by atoms with E-state index in [1.54, 1.807) is 6.92 Å². The molecule has 5 nitrogen and oxygen atoms in total. The van der Waals surface area contributed by atoms with Gasteiger partial charge in [0.15, 0.2) is 0 Å². The zero-order valence-electron chi connectivity index (χ0n) is 10.9. The number of nitrogens with two attached hydrogens (primary N) is 1. The first-order valence-electron chi connectivity index (χ1n) is 6.15. The van der Waals surface area contributed by atoms with Gasteiger partial charge in [0.1, 0.15) is 0 Å². The normalized spacial score (nSPS) is 28.1. The van der Waals surface area contributed by atoms with E-state index in [2.05, 4.69) is 5.32 Å². The lowest BCUT2D eigenvalue weighted by Crippen LogP contribution is -2.47. The maximum atomic E-state index is 11.8. The van der Waals surface area contributed by atoms with Crippen LogP contribution in [0.2, 0.25) is 0 Å². The van der Waals surface area contributed by atoms with Crippen LogP contribution in [0.5, 0.6) is 0 Å². The van der Waals surface area contributed by atoms with Gasteiger partial charge in [0.25, 0.3) is 0 Å². The van der Waals surface area contributed by atoms with Crippen LogP contribution in [-0.4, -0.2) is 42.4 Å². The topological polar surface area (TPSA) is 84.6 Å². The molecule has 1 aliphatic rings. The number of carbonyl (C=O) groups excluding carboxylic acids is 1. The van der Waals surface area contributed by atoms with Gasteiger partial charge in [-0.25, -0.2) is 0 Å². The van der Waals surface area contributed by atoms with Gasteiger partial charge in [-0.05, 0) is 19.3 Å². The number of hydrogen-bond donors (Lipinski definition) is 3. The number of ether oxygens (including phenoxy) is 1. The molecule has 1 aliphatic heterocycles. The molecule has 0 spiro atoms. The Hall–Kier alpha value is -0.650. The van der Waals surface area contributed by atoms with Gasteiger partial charge >= 0.3 is 0 Å². The molecule has 0 aromatic carbocycles. The van der Waals surface area contributed by atoms with Crippen LogP contribution < -0.4 is 11.1 Å². The highest BCUT2D eigenvalue weighted by Crippen LogP contribution is 2.16. The minimum Gasteiger partial charge on any atom is -0.388 e. The van der Waals surface area contributed by atoms with E-state index in [4.69, 9.17) is 10.5 Å². The van der Waals surface area contributed by atoms with Crippen LogP contribution in [-0.2, 0) is 9.53 Å². The van der Waals surface area contributed by atoms with Crippen molar-refractivity contribution in [2.75, 3.05) is 19.8 Å². The molecule has 1 saturated heterocycles. The zero-order valence-corrected chi connectivity index (χ0v) is 10.9. The first kappa shape index (κ1) is 14.4. The van der Waals surface area contributed by atoms with Crippen molar-refractivity contribution in [2.45, 2.75) is 38.8 Å². The molecule has 1 amide bonds. The van der Waals surface area contributed by atoms with Crippen LogP contribution in [0, 0.1) is 11.8 Å². The molecule has 0 aliphatic carbocycles. The molecule has 1 heterocycles. The van der Waals surface area contributed by atoms with Crippen molar-refractivity contribution in [3.8, 4) is 0 Å². The van der Waals surface area contributed by atoms with E-state index in [1.807, 2.05) is 13.8 Å². The maximum absolute atomic E-state index is 11.8. The van der Waals surface area contributed by atoms with Gasteiger partial charge in [0, 0.05) is 12.6 Å². The van der Waals surface area contributed by atoms with Crippen molar-refractivity contribution in [1.29, 1.82) is 0 Å². The number of aliphatic hydroxyl groups is 1. The van der Waals surface area contributed by atoms with E-state index in [1.165, 1.54) is 0 Å². The van der Waals surface area contributed by atoms with Crippen LogP contribution in [0.1, 0.15) is 27.2 Å². The summed E-state index contributed by atoms with van der Waals surface area (Å²) >= 11 is 0. The van der Waals surface area contributed by atoms with E-state index < -0.39 is 5.60 Å². The molecule has 1 fully saturated rings. The third-order valence-electron chi connectivity index (χ3n) is 2.95. The summed E-state index contributed by atoms with van der Waals surface area (Å²) in [5.41, 5.74) is 4.88. The molecule has 100 valence electrons. The first-order chi connectivity index (χ1) is 7.82. The predicted octanol–water partition coefficient (Wildman–Crippen LogP) is -0.127. The lowest BCUT2D eigenvalue weighted by molar-refractivity contribution is -0.126. The largest absolute Gasteiger partial charge is 0.388 e. The van der Waals surface area contributed by atoms with Crippen molar-refractivity contribution in [3.63, 3.8) is 0 Å². The summed E-state index contributed by atoms with van der Waals surface area (Å²) < 4.78 is 5.14. The number of carbonyl (C=O) groups is 1. The molecule has 4 N–H and O–H groups in total. The van der Waals surface area contributed by atoms with Crippen molar-refractivity contribution in [2.24, 2.45) is 17.6 Å². The van der Waals surface area contributed by atoms with Crippen LogP contribution in [0.4, 0.5) is 0 Å². The summed E-state index contributed by atoms with van der Waals surface area (Å²) in [6, 6.07) is -0.231. The minimum atomic E-state index is -0.868. The van der Waals surface area contributed by atoms with Gasteiger partial charge in [-0.2, -0.15) is 0 Å². The molecular formula is C12H24N2O3. The molecule has 0 saturated carbocycles. The van der Waals surface area contributed by atoms with Crippen LogP contribution in [0.25, 0.3) is 0 Å². The van der Waals surface area contributed by atoms with Crippen molar-refractivity contribution in [3.05, 3.63) is 0 Å². The number of rotatable bonds is 5. The molecule has 0 aromatic heterocycles. The Morgan fingerprint density at radius 1 is 1.59 bits per heavy atom. The van der Waals surface area contributed by atoms with Crippen molar-refractivity contribution < 1.29 is 14.6 Å². The number of nitrogens with one attached hydrogen (secondary N) is 1. The Morgan fingerprint density at radius 3 is 2.71 bits per heavy atom. The fourth-order valence-corrected chi connectivity index (χ4v) is 2.20. The van der Waals surface area contributed by atoms with Crippen LogP contribution >= 0.6 is 0 Å². The average molecular weight is 244 g/mol. The summed E-state index contributed by atoms with van der Waals surface area (Å²) in [5.74, 6) is -0.0251. The molecule has 0 radical (unpaired) electrons. The SMILES string of the molecule is CC(C)CC(C)(O)CNC(=O)C1COCC1N. The van der Waals surface area contributed by atoms with E-state index in [0.717, 1.165) is 0 Å². The van der Waals surface area contributed by atoms with Crippen molar-refractivity contribution >= 4 is 5.91 Å². The standard InChI is InChI=1S/C12H24N2O3/c1-8(2)4-12(3,16)7-14-11(15)9-5-17-6-10(9)13/h8-10,16H,4-7,13H2,1-3H3,(H,14,15). The highest BCUT2D eigenvalue weighted by Gasteiger charge is 2.32. The summed E-state index contributed by atoms with van der Waals surface area (Å²) in [5, 5.41) is 12.8. The molecule has 0 aromatic rings. The monoisotopic (exact) mass is 244 g/mol. The molecule has 17 heavy (non-hydrogen) atoms. The van der Waals surface area contributed by atoms with Gasteiger partial charge in [0.05, 0.1) is 24.7 Å². The van der Waals surface area contributed by atoms with E-state index in [-0.39, 0.29) is 24.4 Å². The third kappa shape index (κ3) is 4.61. The average Bonchev–Trinajstić information content (AvgIpc) is 2.59. The van der Waals surface area contributed by atoms with Crippen molar-refractivity contribution in [1.82, 2.24) is 5.32 Å². The Bertz CT molecular complexity index is 266. The quantitative estimate of drug-likeness (QED) is 0.629.